The summed E-state index contributed by atoms with van der Waals surface area (Å²) in [6.07, 6.45) is -3.42. The van der Waals surface area contributed by atoms with E-state index in [1.807, 2.05) is 6.92 Å². The van der Waals surface area contributed by atoms with Gasteiger partial charge in [0, 0.05) is 12.8 Å². The van der Waals surface area contributed by atoms with Crippen molar-refractivity contribution in [1.29, 1.82) is 0 Å². The van der Waals surface area contributed by atoms with E-state index in [0.717, 1.165) is 6.54 Å². The predicted molar refractivity (Wildman–Crippen MR) is 41.2 cm³/mol. The van der Waals surface area contributed by atoms with Crippen LogP contribution in [0.4, 0.5) is 13.2 Å². The Morgan fingerprint density at radius 1 is 1.25 bits per heavy atom. The summed E-state index contributed by atoms with van der Waals surface area (Å²) in [5.41, 5.74) is 0. The average molecular weight is 181 g/mol. The summed E-state index contributed by atoms with van der Waals surface area (Å²) in [5.74, 6) is -1.06. The van der Waals surface area contributed by atoms with Crippen molar-refractivity contribution in [3.63, 3.8) is 0 Å². The smallest absolute Gasteiger partial charge is 0.171 e. The number of piperidine rings is 1. The third-order valence-electron chi connectivity index (χ3n) is 2.50. The van der Waals surface area contributed by atoms with E-state index in [9.17, 15) is 13.2 Å². The molecule has 1 rings (SSSR count). The number of likely N-dealkylation sites (tertiary alicyclic amines) is 1. The molecule has 12 heavy (non-hydrogen) atoms. The quantitative estimate of drug-likeness (QED) is 0.546. The van der Waals surface area contributed by atoms with Crippen LogP contribution in [0.2, 0.25) is 0 Å². The minimum Gasteiger partial charge on any atom is -0.171 e. The highest BCUT2D eigenvalue weighted by atomic mass is 19.4. The van der Waals surface area contributed by atoms with Gasteiger partial charge in [0.05, 0.1) is 5.92 Å². The fraction of sp³-hybridized carbons (Fsp3) is 1.00. The van der Waals surface area contributed by atoms with Gasteiger partial charge in [0.1, 0.15) is 19.6 Å². The first-order chi connectivity index (χ1) is 5.54. The predicted octanol–water partition coefficient (Wildman–Crippen LogP) is 2.12. The first kappa shape index (κ1) is 9.84. The molecule has 0 aromatic carbocycles. The van der Waals surface area contributed by atoms with Crippen molar-refractivity contribution in [3.05, 3.63) is 0 Å². The van der Waals surface area contributed by atoms with E-state index in [0.29, 0.717) is 13.1 Å². The fourth-order valence-electron chi connectivity index (χ4n) is 1.58. The number of rotatable bonds is 1. The van der Waals surface area contributed by atoms with Crippen molar-refractivity contribution < 1.29 is 13.2 Å². The maximum absolute atomic E-state index is 12.2. The Hall–Kier alpha value is -0.250. The largest absolute Gasteiger partial charge is 0.392 e. The third kappa shape index (κ3) is 2.37. The summed E-state index contributed by atoms with van der Waals surface area (Å²) in [6, 6.07) is 0. The molecule has 0 spiro atoms. The summed E-state index contributed by atoms with van der Waals surface area (Å²) in [4.78, 5) is 2.06. The van der Waals surface area contributed by atoms with E-state index in [4.69, 9.17) is 0 Å². The molecule has 0 unspecified atom stereocenters. The summed E-state index contributed by atoms with van der Waals surface area (Å²) in [5, 5.41) is 0. The molecule has 0 atom stereocenters. The molecule has 1 fully saturated rings. The van der Waals surface area contributed by atoms with Gasteiger partial charge in [0.2, 0.25) is 0 Å². The van der Waals surface area contributed by atoms with Crippen LogP contribution in [0.1, 0.15) is 19.8 Å². The zero-order valence-electron chi connectivity index (χ0n) is 7.19. The van der Waals surface area contributed by atoms with E-state index in [-0.39, 0.29) is 12.8 Å². The Balaban J connectivity index is 2.36. The van der Waals surface area contributed by atoms with Crippen molar-refractivity contribution in [3.8, 4) is 0 Å². The maximum Gasteiger partial charge on any atom is 0.392 e. The lowest BCUT2D eigenvalue weighted by atomic mass is 9.96. The molecular formula is C8H14F3N+. The van der Waals surface area contributed by atoms with Crippen molar-refractivity contribution in [2.24, 2.45) is 5.92 Å². The molecule has 0 amide bonds. The summed E-state index contributed by atoms with van der Waals surface area (Å²) in [6.45, 7) is 4.04. The molecule has 0 bridgehead atoms. The number of nitrogens with zero attached hydrogens (tertiary/aromatic N) is 1. The number of hydrogen-bond acceptors (Lipinski definition) is 1. The van der Waals surface area contributed by atoms with Crippen LogP contribution in [-0.2, 0) is 0 Å². The van der Waals surface area contributed by atoms with Gasteiger partial charge in [-0.3, -0.25) is 0 Å². The van der Waals surface area contributed by atoms with E-state index < -0.39 is 12.1 Å². The number of halogens is 3. The topological polar surface area (TPSA) is 5.90 Å². The summed E-state index contributed by atoms with van der Waals surface area (Å²) >= 11 is 0. The Kier molecular flexibility index (Phi) is 2.99. The monoisotopic (exact) mass is 181 g/mol. The molecule has 0 aromatic rings. The minimum absolute atomic E-state index is 0.275. The number of alkyl halides is 3. The molecule has 1 nitrogen and oxygen atoms in total. The number of hydrogen-bond donors (Lipinski definition) is 0. The molecule has 1 heterocycles. The van der Waals surface area contributed by atoms with Crippen molar-refractivity contribution in [1.82, 2.24) is 4.90 Å². The lowest BCUT2D eigenvalue weighted by Gasteiger charge is -2.25. The van der Waals surface area contributed by atoms with Crippen molar-refractivity contribution in [2.75, 3.05) is 19.6 Å². The van der Waals surface area contributed by atoms with Crippen LogP contribution in [0, 0.1) is 5.92 Å². The zero-order chi connectivity index (χ0) is 9.19. The van der Waals surface area contributed by atoms with Crippen molar-refractivity contribution in [2.45, 2.75) is 25.9 Å². The molecule has 4 heteroatoms. The average Bonchev–Trinajstić information content (AvgIpc) is 2.03. The molecule has 1 aliphatic heterocycles. The Morgan fingerprint density at radius 3 is 2.08 bits per heavy atom. The summed E-state index contributed by atoms with van der Waals surface area (Å²) in [7, 11) is 0. The molecule has 1 saturated heterocycles. The maximum atomic E-state index is 12.2. The Labute approximate surface area is 70.5 Å². The highest BCUT2D eigenvalue weighted by Crippen LogP contribution is 2.33. The molecule has 71 valence electrons. The Bertz CT molecular complexity index is 136. The van der Waals surface area contributed by atoms with Crippen LogP contribution in [0.5, 0.6) is 0 Å². The minimum atomic E-state index is -3.97. The summed E-state index contributed by atoms with van der Waals surface area (Å²) < 4.78 is 36.5. The normalized spacial score (nSPS) is 23.0. The van der Waals surface area contributed by atoms with Crippen molar-refractivity contribution >= 4 is 0 Å². The van der Waals surface area contributed by atoms with Crippen LogP contribution >= 0.6 is 0 Å². The van der Waals surface area contributed by atoms with Crippen LogP contribution < -0.4 is 4.90 Å². The lowest BCUT2D eigenvalue weighted by Crippen LogP contribution is -2.42. The van der Waals surface area contributed by atoms with Crippen LogP contribution in [-0.4, -0.2) is 25.8 Å². The molecule has 0 N–H and O–H groups in total. The highest BCUT2D eigenvalue weighted by molar-refractivity contribution is 4.78. The van der Waals surface area contributed by atoms with Crippen LogP contribution in [0.3, 0.4) is 0 Å². The molecule has 0 saturated carbocycles. The second-order valence-electron chi connectivity index (χ2n) is 3.25. The van der Waals surface area contributed by atoms with Gasteiger partial charge >= 0.3 is 6.18 Å². The molecule has 0 aliphatic carbocycles. The molecule has 0 aromatic heterocycles. The first-order valence-corrected chi connectivity index (χ1v) is 4.33. The van der Waals surface area contributed by atoms with Gasteiger partial charge < -0.3 is 0 Å². The first-order valence-electron chi connectivity index (χ1n) is 4.33. The van der Waals surface area contributed by atoms with E-state index in [1.165, 1.54) is 0 Å². The van der Waals surface area contributed by atoms with Gasteiger partial charge in [-0.2, -0.15) is 18.1 Å². The van der Waals surface area contributed by atoms with E-state index in [1.54, 1.807) is 0 Å². The standard InChI is InChI=1S/C8H14F3N/c1-2-12-5-3-7(4-6-12)8(9,10)11/h7H,2-6H2,1H3/q+1. The second kappa shape index (κ2) is 3.64. The van der Waals surface area contributed by atoms with Gasteiger partial charge in [0.15, 0.2) is 0 Å². The van der Waals surface area contributed by atoms with Gasteiger partial charge in [-0.05, 0) is 6.92 Å². The van der Waals surface area contributed by atoms with Crippen LogP contribution in [0.15, 0.2) is 0 Å². The van der Waals surface area contributed by atoms with Gasteiger partial charge in [-0.1, -0.05) is 0 Å². The Morgan fingerprint density at radius 2 is 1.75 bits per heavy atom. The van der Waals surface area contributed by atoms with Gasteiger partial charge in [0.25, 0.3) is 0 Å². The SMILES string of the molecule is CC[N+]1CCC(C(F)(F)F)CC1. The molecule has 1 radical (unpaired) electrons. The van der Waals surface area contributed by atoms with E-state index >= 15 is 0 Å². The van der Waals surface area contributed by atoms with E-state index in [2.05, 4.69) is 4.90 Å². The van der Waals surface area contributed by atoms with Gasteiger partial charge in [-0.15, -0.1) is 0 Å². The molecule has 1 aliphatic rings. The zero-order valence-corrected chi connectivity index (χ0v) is 7.19. The fourth-order valence-corrected chi connectivity index (χ4v) is 1.58. The van der Waals surface area contributed by atoms with Gasteiger partial charge in [-0.25, -0.2) is 0 Å². The second-order valence-corrected chi connectivity index (χ2v) is 3.25. The van der Waals surface area contributed by atoms with Crippen LogP contribution in [0.25, 0.3) is 0 Å². The highest BCUT2D eigenvalue weighted by Gasteiger charge is 2.43. The molecular weight excluding hydrogens is 167 g/mol. The lowest BCUT2D eigenvalue weighted by molar-refractivity contribution is -0.182. The third-order valence-corrected chi connectivity index (χ3v) is 2.50.